The van der Waals surface area contributed by atoms with Crippen LogP contribution in [0.3, 0.4) is 0 Å². The van der Waals surface area contributed by atoms with Crippen LogP contribution in [0.5, 0.6) is 0 Å². The van der Waals surface area contributed by atoms with Gasteiger partial charge < -0.3 is 0 Å². The lowest BCUT2D eigenvalue weighted by atomic mass is 10.3. The van der Waals surface area contributed by atoms with Crippen molar-refractivity contribution in [3.8, 4) is 0 Å². The minimum absolute atomic E-state index is 0.743. The molecule has 0 aliphatic carbocycles. The second kappa shape index (κ2) is 2.28. The van der Waals surface area contributed by atoms with Crippen molar-refractivity contribution in [2.24, 2.45) is 0 Å². The molecule has 1 aromatic rings. The van der Waals surface area contributed by atoms with E-state index in [1.54, 1.807) is 6.20 Å². The second-order valence-corrected chi connectivity index (χ2v) is 1.54. The van der Waals surface area contributed by atoms with Gasteiger partial charge in [0, 0.05) is 6.07 Å². The van der Waals surface area contributed by atoms with E-state index >= 15 is 0 Å². The van der Waals surface area contributed by atoms with E-state index in [2.05, 4.69) is 17.2 Å². The summed E-state index contributed by atoms with van der Waals surface area (Å²) in [6, 6.07) is 2.82. The lowest BCUT2D eigenvalue weighted by Crippen LogP contribution is -2.04. The molecule has 1 rings (SSSR count). The van der Waals surface area contributed by atoms with Crippen molar-refractivity contribution in [2.45, 2.75) is 6.18 Å². The fourth-order valence-electron chi connectivity index (χ4n) is 0.402. The van der Waals surface area contributed by atoms with E-state index in [4.69, 9.17) is 0 Å². The highest BCUT2D eigenvalue weighted by atomic mass is 19.4. The SMILES string of the molecule is FC(F)(F)c1[c]n[c][c]c1. The second-order valence-electron chi connectivity index (χ2n) is 1.54. The zero-order chi connectivity index (χ0) is 7.61. The Balaban J connectivity index is 2.97. The third-order valence-electron chi connectivity index (χ3n) is 0.819. The summed E-state index contributed by atoms with van der Waals surface area (Å²) in [6.07, 6.45) is -0.556. The molecule has 1 heterocycles. The number of rotatable bonds is 0. The maximum atomic E-state index is 11.7. The van der Waals surface area contributed by atoms with Gasteiger partial charge >= 0.3 is 6.18 Å². The molecule has 0 amide bonds. The van der Waals surface area contributed by atoms with Crippen LogP contribution in [-0.4, -0.2) is 4.98 Å². The van der Waals surface area contributed by atoms with Gasteiger partial charge in [-0.25, -0.2) is 4.98 Å². The lowest BCUT2D eigenvalue weighted by molar-refractivity contribution is -0.138. The fraction of sp³-hybridized carbons (Fsp3) is 0.167. The van der Waals surface area contributed by atoms with Crippen molar-refractivity contribution in [2.75, 3.05) is 0 Å². The number of alkyl halides is 3. The first-order valence-corrected chi connectivity index (χ1v) is 2.34. The smallest absolute Gasteiger partial charge is 0.243 e. The van der Waals surface area contributed by atoms with E-state index in [9.17, 15) is 13.2 Å². The molecule has 0 unspecified atom stereocenters. The molecule has 1 nitrogen and oxygen atoms in total. The highest BCUT2D eigenvalue weighted by Gasteiger charge is 2.30. The first-order chi connectivity index (χ1) is 4.61. The van der Waals surface area contributed by atoms with Gasteiger partial charge in [-0.2, -0.15) is 13.2 Å². The molecule has 0 fully saturated rings. The Bertz CT molecular complexity index is 204. The van der Waals surface area contributed by atoms with Crippen molar-refractivity contribution in [1.82, 2.24) is 4.98 Å². The Morgan fingerprint density at radius 2 is 2.10 bits per heavy atom. The zero-order valence-corrected chi connectivity index (χ0v) is 4.66. The van der Waals surface area contributed by atoms with Gasteiger partial charge in [0.25, 0.3) is 0 Å². The van der Waals surface area contributed by atoms with Gasteiger partial charge in [-0.15, -0.1) is 0 Å². The summed E-state index contributed by atoms with van der Waals surface area (Å²) in [6.45, 7) is 0. The minimum Gasteiger partial charge on any atom is -0.243 e. The van der Waals surface area contributed by atoms with E-state index in [1.165, 1.54) is 0 Å². The summed E-state index contributed by atoms with van der Waals surface area (Å²) in [4.78, 5) is 3.03. The topological polar surface area (TPSA) is 12.9 Å². The maximum Gasteiger partial charge on any atom is 0.418 e. The van der Waals surface area contributed by atoms with Gasteiger partial charge in [-0.3, -0.25) is 0 Å². The summed E-state index contributed by atoms with van der Waals surface area (Å²) in [5.74, 6) is 0. The van der Waals surface area contributed by atoms with E-state index in [0.29, 0.717) is 0 Å². The van der Waals surface area contributed by atoms with Gasteiger partial charge in [-0.05, 0) is 6.07 Å². The van der Waals surface area contributed by atoms with Gasteiger partial charge in [-0.1, -0.05) is 0 Å². The lowest BCUT2D eigenvalue weighted by Gasteiger charge is -2.02. The molecule has 4 heteroatoms. The first kappa shape index (κ1) is 7.05. The highest BCUT2D eigenvalue weighted by Crippen LogP contribution is 2.27. The quantitative estimate of drug-likeness (QED) is 0.537. The van der Waals surface area contributed by atoms with E-state index in [1.807, 2.05) is 0 Å². The summed E-state index contributed by atoms with van der Waals surface area (Å²) in [5.41, 5.74) is -0.925. The Hall–Kier alpha value is -1.06. The number of hydrogen-bond donors (Lipinski definition) is 0. The van der Waals surface area contributed by atoms with Crippen molar-refractivity contribution in [3.05, 3.63) is 30.1 Å². The Labute approximate surface area is 55.5 Å². The zero-order valence-electron chi connectivity index (χ0n) is 4.66. The standard InChI is InChI=1S/C6HF3N/c7-6(8,9)5-2-1-3-10-4-5/h2H. The molecule has 10 heavy (non-hydrogen) atoms. The molecule has 0 atom stereocenters. The first-order valence-electron chi connectivity index (χ1n) is 2.34. The van der Waals surface area contributed by atoms with Crippen LogP contribution in [-0.2, 0) is 6.18 Å². The van der Waals surface area contributed by atoms with Crippen LogP contribution >= 0.6 is 0 Å². The maximum absolute atomic E-state index is 11.7. The van der Waals surface area contributed by atoms with Crippen LogP contribution in [0.4, 0.5) is 13.2 Å². The molecule has 0 saturated carbocycles. The largest absolute Gasteiger partial charge is 0.418 e. The number of aromatic nitrogens is 1. The third kappa shape index (κ3) is 1.46. The van der Waals surface area contributed by atoms with Gasteiger partial charge in [0.2, 0.25) is 0 Å². The van der Waals surface area contributed by atoms with Crippen molar-refractivity contribution in [1.29, 1.82) is 0 Å². The van der Waals surface area contributed by atoms with Crippen molar-refractivity contribution < 1.29 is 13.2 Å². The molecule has 0 aliphatic heterocycles. The summed E-state index contributed by atoms with van der Waals surface area (Å²) in [7, 11) is 0. The Morgan fingerprint density at radius 1 is 1.40 bits per heavy atom. The number of halogens is 3. The molecule has 0 spiro atoms. The molecule has 0 aromatic carbocycles. The number of hydrogen-bond acceptors (Lipinski definition) is 1. The summed E-state index contributed by atoms with van der Waals surface area (Å²) >= 11 is 0. The molecule has 1 aromatic heterocycles. The highest BCUT2D eigenvalue weighted by molar-refractivity contribution is 5.09. The number of pyridine rings is 1. The van der Waals surface area contributed by atoms with E-state index in [0.717, 1.165) is 6.07 Å². The minimum atomic E-state index is -4.38. The van der Waals surface area contributed by atoms with Crippen molar-refractivity contribution >= 4 is 0 Å². The molecule has 0 aliphatic rings. The molecular weight excluding hydrogens is 143 g/mol. The number of nitrogens with zero attached hydrogens (tertiary/aromatic N) is 1. The van der Waals surface area contributed by atoms with Crippen LogP contribution < -0.4 is 0 Å². The van der Waals surface area contributed by atoms with Crippen LogP contribution in [0.15, 0.2) is 6.07 Å². The third-order valence-corrected chi connectivity index (χ3v) is 0.819. The molecule has 0 N–H and O–H groups in total. The van der Waals surface area contributed by atoms with Crippen LogP contribution in [0.2, 0.25) is 0 Å². The van der Waals surface area contributed by atoms with E-state index in [-0.39, 0.29) is 0 Å². The molecule has 51 valence electrons. The Morgan fingerprint density at radius 3 is 2.40 bits per heavy atom. The van der Waals surface area contributed by atoms with Crippen molar-refractivity contribution in [3.63, 3.8) is 0 Å². The normalized spacial score (nSPS) is 11.5. The predicted octanol–water partition coefficient (Wildman–Crippen LogP) is 1.50. The van der Waals surface area contributed by atoms with Gasteiger partial charge in [0.05, 0.1) is 11.8 Å². The Kier molecular flexibility index (Phi) is 1.61. The predicted molar refractivity (Wildman–Crippen MR) is 25.7 cm³/mol. The van der Waals surface area contributed by atoms with Crippen LogP contribution in [0.25, 0.3) is 0 Å². The van der Waals surface area contributed by atoms with E-state index < -0.39 is 11.7 Å². The average molecular weight is 144 g/mol. The van der Waals surface area contributed by atoms with Gasteiger partial charge in [0.15, 0.2) is 0 Å². The monoisotopic (exact) mass is 144 g/mol. The molecule has 0 bridgehead atoms. The van der Waals surface area contributed by atoms with Gasteiger partial charge in [0.1, 0.15) is 6.20 Å². The molecule has 0 saturated heterocycles. The van der Waals surface area contributed by atoms with Crippen LogP contribution in [0, 0.1) is 18.5 Å². The van der Waals surface area contributed by atoms with Crippen LogP contribution in [0.1, 0.15) is 5.56 Å². The molecule has 3 radical (unpaired) electrons. The fourth-order valence-corrected chi connectivity index (χ4v) is 0.402. The molecular formula is C6HF3N. The summed E-state index contributed by atoms with van der Waals surface area (Å²) < 4.78 is 35.0. The average Bonchev–Trinajstić information content (AvgIpc) is 1.88. The summed E-state index contributed by atoms with van der Waals surface area (Å²) in [5, 5.41) is 0.